The molecule has 1 heterocycles. The fourth-order valence-electron chi connectivity index (χ4n) is 2.42. The number of primary amides is 1. The van der Waals surface area contributed by atoms with E-state index in [1.807, 2.05) is 0 Å². The van der Waals surface area contributed by atoms with Crippen LogP contribution in [0.15, 0.2) is 6.20 Å². The summed E-state index contributed by atoms with van der Waals surface area (Å²) in [5.41, 5.74) is 3.60. The lowest BCUT2D eigenvalue weighted by molar-refractivity contribution is -0.138. The Morgan fingerprint density at radius 3 is 2.59 bits per heavy atom. The van der Waals surface area contributed by atoms with Crippen molar-refractivity contribution >= 4 is 5.91 Å². The highest BCUT2D eigenvalue weighted by atomic mass is 19.4. The van der Waals surface area contributed by atoms with E-state index >= 15 is 0 Å². The molecular weight excluding hydrogens is 235 g/mol. The van der Waals surface area contributed by atoms with Gasteiger partial charge in [-0.05, 0) is 24.7 Å². The van der Waals surface area contributed by atoms with Crippen LogP contribution in [0.2, 0.25) is 0 Å². The minimum Gasteiger partial charge on any atom is -0.364 e. The SMILES string of the molecule is NC(=O)c1c(C(F)(F)F)cnn1C1CC12CC2. The molecule has 2 N–H and O–H groups in total. The third kappa shape index (κ3) is 1.44. The van der Waals surface area contributed by atoms with E-state index in [4.69, 9.17) is 5.73 Å². The molecule has 3 rings (SSSR count). The average molecular weight is 245 g/mol. The number of nitrogens with two attached hydrogens (primary N) is 1. The van der Waals surface area contributed by atoms with Crippen molar-refractivity contribution in [3.8, 4) is 0 Å². The van der Waals surface area contributed by atoms with E-state index in [2.05, 4.69) is 5.10 Å². The maximum atomic E-state index is 12.7. The smallest absolute Gasteiger partial charge is 0.364 e. The van der Waals surface area contributed by atoms with Crippen LogP contribution in [-0.2, 0) is 6.18 Å². The normalized spacial score (nSPS) is 25.0. The molecule has 2 aliphatic rings. The Morgan fingerprint density at radius 1 is 1.53 bits per heavy atom. The Hall–Kier alpha value is -1.53. The van der Waals surface area contributed by atoms with E-state index in [9.17, 15) is 18.0 Å². The Bertz CT molecular complexity index is 501. The van der Waals surface area contributed by atoms with Crippen molar-refractivity contribution in [1.82, 2.24) is 9.78 Å². The fraction of sp³-hybridized carbons (Fsp3) is 0.600. The standard InChI is InChI=1S/C10H10F3N3O/c11-10(12,13)5-4-15-16(7(5)8(14)17)6-3-9(6)1-2-9/h4,6H,1-3H2,(H2,14,17). The zero-order chi connectivity index (χ0) is 12.4. The van der Waals surface area contributed by atoms with E-state index in [0.29, 0.717) is 6.20 Å². The molecule has 0 radical (unpaired) electrons. The van der Waals surface area contributed by atoms with Crippen LogP contribution in [0.4, 0.5) is 13.2 Å². The van der Waals surface area contributed by atoms with Gasteiger partial charge in [-0.15, -0.1) is 0 Å². The van der Waals surface area contributed by atoms with E-state index in [1.165, 1.54) is 0 Å². The van der Waals surface area contributed by atoms with E-state index < -0.39 is 23.3 Å². The summed E-state index contributed by atoms with van der Waals surface area (Å²) in [4.78, 5) is 11.2. The molecule has 1 unspecified atom stereocenters. The Labute approximate surface area is 94.6 Å². The predicted molar refractivity (Wildman–Crippen MR) is 51.1 cm³/mol. The number of hydrogen-bond acceptors (Lipinski definition) is 2. The molecule has 1 aromatic rings. The predicted octanol–water partition coefficient (Wildman–Crippen LogP) is 1.73. The highest BCUT2D eigenvalue weighted by molar-refractivity contribution is 5.92. The zero-order valence-electron chi connectivity index (χ0n) is 8.79. The quantitative estimate of drug-likeness (QED) is 0.862. The largest absolute Gasteiger partial charge is 0.420 e. The number of rotatable bonds is 2. The van der Waals surface area contributed by atoms with Gasteiger partial charge in [0.05, 0.1) is 12.2 Å². The summed E-state index contributed by atoms with van der Waals surface area (Å²) in [6, 6.07) is -0.0823. The molecule has 0 aliphatic heterocycles. The Morgan fingerprint density at radius 2 is 2.18 bits per heavy atom. The molecule has 92 valence electrons. The molecule has 0 saturated heterocycles. The lowest BCUT2D eigenvalue weighted by atomic mass is 10.2. The Balaban J connectivity index is 2.05. The van der Waals surface area contributed by atoms with Crippen LogP contribution < -0.4 is 5.73 Å². The van der Waals surface area contributed by atoms with Gasteiger partial charge in [-0.2, -0.15) is 18.3 Å². The maximum Gasteiger partial charge on any atom is 0.420 e. The molecule has 0 aromatic carbocycles. The van der Waals surface area contributed by atoms with Crippen LogP contribution in [0.25, 0.3) is 0 Å². The highest BCUT2D eigenvalue weighted by Gasteiger charge is 2.65. The van der Waals surface area contributed by atoms with E-state index in [-0.39, 0.29) is 11.5 Å². The van der Waals surface area contributed by atoms with Gasteiger partial charge in [0.25, 0.3) is 5.91 Å². The van der Waals surface area contributed by atoms with Crippen LogP contribution in [0, 0.1) is 5.41 Å². The fourth-order valence-corrected chi connectivity index (χ4v) is 2.42. The molecule has 1 spiro atoms. The second-order valence-electron chi connectivity index (χ2n) is 4.80. The van der Waals surface area contributed by atoms with Gasteiger partial charge in [0, 0.05) is 0 Å². The monoisotopic (exact) mass is 245 g/mol. The van der Waals surface area contributed by atoms with Gasteiger partial charge in [0.2, 0.25) is 0 Å². The molecule has 7 heteroatoms. The van der Waals surface area contributed by atoms with Crippen molar-refractivity contribution < 1.29 is 18.0 Å². The van der Waals surface area contributed by atoms with Crippen molar-refractivity contribution in [3.05, 3.63) is 17.5 Å². The van der Waals surface area contributed by atoms with E-state index in [1.54, 1.807) is 0 Å². The summed E-state index contributed by atoms with van der Waals surface area (Å²) in [5.74, 6) is -1.07. The van der Waals surface area contributed by atoms with Crippen LogP contribution in [-0.4, -0.2) is 15.7 Å². The molecule has 1 amide bonds. The summed E-state index contributed by atoms with van der Waals surface area (Å²) in [7, 11) is 0. The van der Waals surface area contributed by atoms with Gasteiger partial charge in [0.15, 0.2) is 0 Å². The number of hydrogen-bond donors (Lipinski definition) is 1. The van der Waals surface area contributed by atoms with Crippen molar-refractivity contribution in [3.63, 3.8) is 0 Å². The first kappa shape index (κ1) is 10.6. The first-order valence-electron chi connectivity index (χ1n) is 5.30. The topological polar surface area (TPSA) is 60.9 Å². The second kappa shape index (κ2) is 2.83. The summed E-state index contributed by atoms with van der Waals surface area (Å²) in [5, 5.41) is 3.70. The molecular formula is C10H10F3N3O. The summed E-state index contributed by atoms with van der Waals surface area (Å²) in [6.07, 6.45) is -1.11. The van der Waals surface area contributed by atoms with Gasteiger partial charge < -0.3 is 5.73 Å². The van der Waals surface area contributed by atoms with E-state index in [0.717, 1.165) is 23.9 Å². The molecule has 2 saturated carbocycles. The first-order chi connectivity index (χ1) is 7.85. The molecule has 4 nitrogen and oxygen atoms in total. The number of carbonyl (C=O) groups excluding carboxylic acids is 1. The van der Waals surface area contributed by atoms with Gasteiger partial charge in [-0.25, -0.2) is 0 Å². The molecule has 1 atom stereocenters. The van der Waals surface area contributed by atoms with Gasteiger partial charge in [-0.3, -0.25) is 9.48 Å². The van der Waals surface area contributed by atoms with Crippen molar-refractivity contribution in [2.75, 3.05) is 0 Å². The van der Waals surface area contributed by atoms with Gasteiger partial charge in [-0.1, -0.05) is 0 Å². The van der Waals surface area contributed by atoms with Gasteiger partial charge in [0.1, 0.15) is 11.3 Å². The third-order valence-electron chi connectivity index (χ3n) is 3.67. The minimum atomic E-state index is -4.59. The second-order valence-corrected chi connectivity index (χ2v) is 4.80. The van der Waals surface area contributed by atoms with Crippen molar-refractivity contribution in [1.29, 1.82) is 0 Å². The number of nitrogens with zero attached hydrogens (tertiary/aromatic N) is 2. The summed E-state index contributed by atoms with van der Waals surface area (Å²) >= 11 is 0. The average Bonchev–Trinajstić information content (AvgIpc) is 3.07. The zero-order valence-corrected chi connectivity index (χ0v) is 8.79. The highest BCUT2D eigenvalue weighted by Crippen LogP contribution is 2.73. The third-order valence-corrected chi connectivity index (χ3v) is 3.67. The lowest BCUT2D eigenvalue weighted by Gasteiger charge is -2.08. The van der Waals surface area contributed by atoms with Crippen LogP contribution in [0.5, 0.6) is 0 Å². The molecule has 1 aromatic heterocycles. The number of amides is 1. The molecule has 2 aliphatic carbocycles. The maximum absolute atomic E-state index is 12.7. The molecule has 17 heavy (non-hydrogen) atoms. The number of carbonyl (C=O) groups is 1. The number of alkyl halides is 3. The molecule has 0 bridgehead atoms. The first-order valence-corrected chi connectivity index (χ1v) is 5.30. The van der Waals surface area contributed by atoms with Crippen LogP contribution >= 0.6 is 0 Å². The summed E-state index contributed by atoms with van der Waals surface area (Å²) in [6.45, 7) is 0. The van der Waals surface area contributed by atoms with Crippen molar-refractivity contribution in [2.24, 2.45) is 11.1 Å². The van der Waals surface area contributed by atoms with Crippen LogP contribution in [0.1, 0.15) is 41.4 Å². The van der Waals surface area contributed by atoms with Crippen LogP contribution in [0.3, 0.4) is 0 Å². The lowest BCUT2D eigenvalue weighted by Crippen LogP contribution is -2.22. The molecule has 2 fully saturated rings. The van der Waals surface area contributed by atoms with Gasteiger partial charge >= 0.3 is 6.18 Å². The van der Waals surface area contributed by atoms with Crippen molar-refractivity contribution in [2.45, 2.75) is 31.5 Å². The summed E-state index contributed by atoms with van der Waals surface area (Å²) < 4.78 is 39.1. The Kier molecular flexibility index (Phi) is 1.77. The number of halogens is 3. The number of aromatic nitrogens is 2. The minimum absolute atomic E-state index is 0.0823.